The van der Waals surface area contributed by atoms with Gasteiger partial charge in [0, 0.05) is 0 Å². The summed E-state index contributed by atoms with van der Waals surface area (Å²) in [6.45, 7) is 0.355. The van der Waals surface area contributed by atoms with Gasteiger partial charge in [0.05, 0.1) is 18.6 Å². The van der Waals surface area contributed by atoms with Crippen LogP contribution >= 0.6 is 11.8 Å². The molecule has 3 aromatic rings. The smallest absolute Gasteiger partial charge is 0.293 e. The third-order valence-electron chi connectivity index (χ3n) is 4.88. The molecule has 0 bridgehead atoms. The van der Waals surface area contributed by atoms with E-state index in [1.54, 1.807) is 24.3 Å². The molecule has 0 atom stereocenters. The third kappa shape index (κ3) is 4.27. The molecule has 1 aliphatic heterocycles. The Kier molecular flexibility index (Phi) is 5.96. The van der Waals surface area contributed by atoms with Crippen LogP contribution in [0.15, 0.2) is 65.6 Å². The zero-order valence-electron chi connectivity index (χ0n) is 16.8. The van der Waals surface area contributed by atoms with Crippen LogP contribution in [-0.4, -0.2) is 29.8 Å². The molecule has 0 aromatic heterocycles. The van der Waals surface area contributed by atoms with Crippen molar-refractivity contribution in [2.24, 2.45) is 0 Å². The van der Waals surface area contributed by atoms with E-state index in [1.165, 1.54) is 12.0 Å². The van der Waals surface area contributed by atoms with E-state index in [2.05, 4.69) is 5.92 Å². The first-order valence-corrected chi connectivity index (χ1v) is 10.4. The normalized spacial score (nSPS) is 14.8. The lowest BCUT2D eigenvalue weighted by molar-refractivity contribution is -0.123. The number of hydrogen-bond donors (Lipinski definition) is 0. The fourth-order valence-corrected chi connectivity index (χ4v) is 4.24. The second-order valence-electron chi connectivity index (χ2n) is 6.81. The van der Waals surface area contributed by atoms with Crippen molar-refractivity contribution < 1.29 is 19.1 Å². The molecular weight excluding hydrogens is 410 g/mol. The monoisotopic (exact) mass is 429 g/mol. The van der Waals surface area contributed by atoms with Crippen molar-refractivity contribution in [2.45, 2.75) is 6.54 Å². The van der Waals surface area contributed by atoms with E-state index in [4.69, 9.17) is 15.9 Å². The third-order valence-corrected chi connectivity index (χ3v) is 5.79. The van der Waals surface area contributed by atoms with E-state index in [1.807, 2.05) is 42.5 Å². The van der Waals surface area contributed by atoms with Crippen LogP contribution in [0.4, 0.5) is 4.79 Å². The summed E-state index contributed by atoms with van der Waals surface area (Å²) in [6.07, 6.45) is 6.91. The SMILES string of the molecule is C#CCOc1ccc(/C=C2\SC(=O)N(Cc3cccc4ccccc34)C2=O)cc1OC. The number of carbonyl (C=O) groups excluding carboxylic acids is 2. The first-order chi connectivity index (χ1) is 15.1. The van der Waals surface area contributed by atoms with Gasteiger partial charge >= 0.3 is 0 Å². The standard InChI is InChI=1S/C25H19NO4S/c1-3-13-30-21-12-11-17(14-22(21)29-2)15-23-24(27)26(25(28)31-23)16-19-9-6-8-18-7-4-5-10-20(18)19/h1,4-12,14-15H,13,16H2,2H3/b23-15-. The summed E-state index contributed by atoms with van der Waals surface area (Å²) in [7, 11) is 1.53. The average Bonchev–Trinajstić information content (AvgIpc) is 3.05. The Balaban J connectivity index is 1.58. The van der Waals surface area contributed by atoms with Crippen LogP contribution < -0.4 is 9.47 Å². The van der Waals surface area contributed by atoms with Gasteiger partial charge in [-0.3, -0.25) is 14.5 Å². The Labute approximate surface area is 184 Å². The number of benzene rings is 3. The molecule has 0 saturated carbocycles. The summed E-state index contributed by atoms with van der Waals surface area (Å²) in [5.41, 5.74) is 1.65. The van der Waals surface area contributed by atoms with Gasteiger partial charge in [0.15, 0.2) is 11.5 Å². The van der Waals surface area contributed by atoms with E-state index in [9.17, 15) is 9.59 Å². The van der Waals surface area contributed by atoms with Gasteiger partial charge in [0.1, 0.15) is 6.61 Å². The Morgan fingerprint density at radius 3 is 2.68 bits per heavy atom. The summed E-state index contributed by atoms with van der Waals surface area (Å²) >= 11 is 0.933. The Morgan fingerprint density at radius 1 is 1.06 bits per heavy atom. The van der Waals surface area contributed by atoms with Crippen LogP contribution in [0.2, 0.25) is 0 Å². The molecule has 4 rings (SSSR count). The van der Waals surface area contributed by atoms with Gasteiger partial charge in [-0.2, -0.15) is 0 Å². The number of amides is 2. The number of rotatable bonds is 6. The molecule has 0 radical (unpaired) electrons. The number of terminal acetylenes is 1. The Morgan fingerprint density at radius 2 is 1.87 bits per heavy atom. The van der Waals surface area contributed by atoms with Gasteiger partial charge in [-0.1, -0.05) is 54.5 Å². The number of methoxy groups -OCH3 is 1. The van der Waals surface area contributed by atoms with Crippen molar-refractivity contribution >= 4 is 39.8 Å². The molecular formula is C25H19NO4S. The van der Waals surface area contributed by atoms with Crippen LogP contribution in [0, 0.1) is 12.3 Å². The van der Waals surface area contributed by atoms with Crippen molar-refractivity contribution in [2.75, 3.05) is 13.7 Å². The second kappa shape index (κ2) is 8.99. The van der Waals surface area contributed by atoms with E-state index in [0.29, 0.717) is 16.4 Å². The molecule has 154 valence electrons. The number of imide groups is 1. The number of fused-ring (bicyclic) bond motifs is 1. The van der Waals surface area contributed by atoms with Crippen molar-refractivity contribution in [3.05, 3.63) is 76.7 Å². The predicted octanol–water partition coefficient (Wildman–Crippen LogP) is 5.10. The molecule has 0 unspecified atom stereocenters. The van der Waals surface area contributed by atoms with Crippen molar-refractivity contribution in [3.63, 3.8) is 0 Å². The van der Waals surface area contributed by atoms with Crippen molar-refractivity contribution in [1.29, 1.82) is 0 Å². The maximum atomic E-state index is 13.0. The van der Waals surface area contributed by atoms with Gasteiger partial charge in [-0.15, -0.1) is 6.42 Å². The highest BCUT2D eigenvalue weighted by Gasteiger charge is 2.35. The number of carbonyl (C=O) groups is 2. The zero-order chi connectivity index (χ0) is 21.8. The summed E-state index contributed by atoms with van der Waals surface area (Å²) < 4.78 is 10.8. The maximum Gasteiger partial charge on any atom is 0.293 e. The zero-order valence-corrected chi connectivity index (χ0v) is 17.6. The highest BCUT2D eigenvalue weighted by atomic mass is 32.2. The van der Waals surface area contributed by atoms with Gasteiger partial charge in [-0.05, 0) is 51.9 Å². The quantitative estimate of drug-likeness (QED) is 0.403. The van der Waals surface area contributed by atoms with E-state index in [-0.39, 0.29) is 24.3 Å². The molecule has 6 heteroatoms. The van der Waals surface area contributed by atoms with Crippen LogP contribution in [0.5, 0.6) is 11.5 Å². The molecule has 31 heavy (non-hydrogen) atoms. The Bertz CT molecular complexity index is 1240. The van der Waals surface area contributed by atoms with Crippen LogP contribution in [0.1, 0.15) is 11.1 Å². The van der Waals surface area contributed by atoms with Crippen molar-refractivity contribution in [1.82, 2.24) is 4.90 Å². The summed E-state index contributed by atoms with van der Waals surface area (Å²) in [6, 6.07) is 19.1. The molecule has 3 aromatic carbocycles. The number of nitrogens with zero attached hydrogens (tertiary/aromatic N) is 1. The number of thioether (sulfide) groups is 1. The molecule has 2 amide bonds. The van der Waals surface area contributed by atoms with Crippen LogP contribution in [0.3, 0.4) is 0 Å². The fourth-order valence-electron chi connectivity index (χ4n) is 3.40. The van der Waals surface area contributed by atoms with Crippen LogP contribution in [-0.2, 0) is 11.3 Å². The highest BCUT2D eigenvalue weighted by molar-refractivity contribution is 8.18. The summed E-state index contributed by atoms with van der Waals surface area (Å²) in [4.78, 5) is 27.2. The minimum Gasteiger partial charge on any atom is -0.493 e. The first-order valence-electron chi connectivity index (χ1n) is 9.57. The Hall–Kier alpha value is -3.69. The van der Waals surface area contributed by atoms with Gasteiger partial charge < -0.3 is 9.47 Å². The topological polar surface area (TPSA) is 55.8 Å². The molecule has 1 saturated heterocycles. The lowest BCUT2D eigenvalue weighted by atomic mass is 10.0. The molecule has 0 spiro atoms. The fraction of sp³-hybridized carbons (Fsp3) is 0.120. The minimum atomic E-state index is -0.311. The van der Waals surface area contributed by atoms with E-state index >= 15 is 0 Å². The summed E-state index contributed by atoms with van der Waals surface area (Å²) in [5, 5.41) is 1.81. The van der Waals surface area contributed by atoms with Gasteiger partial charge in [0.2, 0.25) is 0 Å². The van der Waals surface area contributed by atoms with Gasteiger partial charge in [0.25, 0.3) is 11.1 Å². The molecule has 0 aliphatic carbocycles. The first kappa shape index (κ1) is 20.6. The molecule has 1 aliphatic rings. The maximum absolute atomic E-state index is 13.0. The van der Waals surface area contributed by atoms with E-state index in [0.717, 1.165) is 33.7 Å². The van der Waals surface area contributed by atoms with Crippen LogP contribution in [0.25, 0.3) is 16.8 Å². The largest absolute Gasteiger partial charge is 0.493 e. The predicted molar refractivity (Wildman–Crippen MR) is 123 cm³/mol. The molecule has 0 N–H and O–H groups in total. The molecule has 1 fully saturated rings. The number of hydrogen-bond acceptors (Lipinski definition) is 5. The summed E-state index contributed by atoms with van der Waals surface area (Å²) in [5.74, 6) is 3.11. The lowest BCUT2D eigenvalue weighted by Crippen LogP contribution is -2.27. The van der Waals surface area contributed by atoms with Gasteiger partial charge in [-0.25, -0.2) is 0 Å². The number of ether oxygens (including phenoxy) is 2. The van der Waals surface area contributed by atoms with Crippen molar-refractivity contribution in [3.8, 4) is 23.8 Å². The minimum absolute atomic E-state index is 0.128. The highest BCUT2D eigenvalue weighted by Crippen LogP contribution is 2.36. The second-order valence-corrected chi connectivity index (χ2v) is 7.80. The molecule has 1 heterocycles. The lowest BCUT2D eigenvalue weighted by Gasteiger charge is -2.14. The molecule has 5 nitrogen and oxygen atoms in total. The van der Waals surface area contributed by atoms with E-state index < -0.39 is 0 Å². The average molecular weight is 429 g/mol.